The van der Waals surface area contributed by atoms with Crippen LogP contribution >= 0.6 is 0 Å². The van der Waals surface area contributed by atoms with E-state index in [2.05, 4.69) is 5.32 Å². The third kappa shape index (κ3) is 3.80. The molecular weight excluding hydrogens is 302 g/mol. The third-order valence-corrected chi connectivity index (χ3v) is 5.31. The summed E-state index contributed by atoms with van der Waals surface area (Å²) >= 11 is 0. The Kier molecular flexibility index (Phi) is 5.11. The topological polar surface area (TPSA) is 72.5 Å². The van der Waals surface area contributed by atoms with Crippen LogP contribution in [-0.2, 0) is 14.6 Å². The van der Waals surface area contributed by atoms with Crippen LogP contribution in [0.4, 0.5) is 0 Å². The van der Waals surface area contributed by atoms with Crippen molar-refractivity contribution in [1.82, 2.24) is 5.32 Å². The second-order valence-electron chi connectivity index (χ2n) is 5.89. The monoisotopic (exact) mass is 325 g/mol. The van der Waals surface area contributed by atoms with E-state index in [-0.39, 0.29) is 22.8 Å². The Balaban J connectivity index is 2.16. The molecule has 1 aromatic rings. The highest BCUT2D eigenvalue weighted by Crippen LogP contribution is 2.29. The average molecular weight is 325 g/mol. The van der Waals surface area contributed by atoms with Gasteiger partial charge in [0.25, 0.3) is 0 Å². The number of methoxy groups -OCH3 is 1. The molecule has 0 bridgehead atoms. The Labute approximate surface area is 132 Å². The fourth-order valence-electron chi connectivity index (χ4n) is 2.86. The summed E-state index contributed by atoms with van der Waals surface area (Å²) in [4.78, 5) is 12.3. The lowest BCUT2D eigenvalue weighted by Gasteiger charge is -2.18. The van der Waals surface area contributed by atoms with Gasteiger partial charge in [-0.05, 0) is 37.5 Å². The van der Waals surface area contributed by atoms with Crippen molar-refractivity contribution < 1.29 is 17.9 Å². The predicted molar refractivity (Wildman–Crippen MR) is 84.6 cm³/mol. The summed E-state index contributed by atoms with van der Waals surface area (Å²) in [5.41, 5.74) is 0.829. The Hall–Kier alpha value is -1.56. The van der Waals surface area contributed by atoms with Crippen molar-refractivity contribution in [3.63, 3.8) is 0 Å². The van der Waals surface area contributed by atoms with Gasteiger partial charge in [-0.25, -0.2) is 8.42 Å². The number of sulfone groups is 1. The van der Waals surface area contributed by atoms with Crippen molar-refractivity contribution in [1.29, 1.82) is 0 Å². The molecule has 1 atom stereocenters. The lowest BCUT2D eigenvalue weighted by Crippen LogP contribution is -2.31. The minimum absolute atomic E-state index is 0.0798. The zero-order valence-electron chi connectivity index (χ0n) is 13.3. The molecule has 6 heteroatoms. The molecule has 1 amide bonds. The summed E-state index contributed by atoms with van der Waals surface area (Å²) in [6.45, 7) is 1.89. The van der Waals surface area contributed by atoms with Crippen LogP contribution < -0.4 is 10.1 Å². The third-order valence-electron chi connectivity index (χ3n) is 4.17. The number of amides is 1. The fourth-order valence-corrected chi connectivity index (χ4v) is 3.69. The molecule has 1 aromatic carbocycles. The molecule has 0 aromatic heterocycles. The highest BCUT2D eigenvalue weighted by Gasteiger charge is 2.24. The minimum atomic E-state index is -3.34. The van der Waals surface area contributed by atoms with Crippen molar-refractivity contribution >= 4 is 15.7 Å². The SMILES string of the molecule is COc1cc(C(C)NC(=O)C2CCCC2)ccc1S(C)(=O)=O. The van der Waals surface area contributed by atoms with E-state index in [1.54, 1.807) is 12.1 Å². The van der Waals surface area contributed by atoms with Gasteiger partial charge in [0.05, 0.1) is 13.2 Å². The van der Waals surface area contributed by atoms with Gasteiger partial charge in [0.15, 0.2) is 9.84 Å². The van der Waals surface area contributed by atoms with Crippen LogP contribution in [0.2, 0.25) is 0 Å². The molecule has 2 rings (SSSR count). The van der Waals surface area contributed by atoms with Crippen LogP contribution in [0, 0.1) is 5.92 Å². The van der Waals surface area contributed by atoms with Gasteiger partial charge in [0.2, 0.25) is 5.91 Å². The van der Waals surface area contributed by atoms with Crippen molar-refractivity contribution in [2.24, 2.45) is 5.92 Å². The quantitative estimate of drug-likeness (QED) is 0.902. The molecule has 1 saturated carbocycles. The summed E-state index contributed by atoms with van der Waals surface area (Å²) in [7, 11) is -1.90. The van der Waals surface area contributed by atoms with Crippen LogP contribution in [0.1, 0.15) is 44.2 Å². The summed E-state index contributed by atoms with van der Waals surface area (Å²) < 4.78 is 28.6. The van der Waals surface area contributed by atoms with E-state index < -0.39 is 9.84 Å². The predicted octanol–water partition coefficient (Wildman–Crippen LogP) is 2.47. The first-order valence-electron chi connectivity index (χ1n) is 7.51. The molecule has 0 saturated heterocycles. The Bertz CT molecular complexity index is 648. The van der Waals surface area contributed by atoms with E-state index in [0.29, 0.717) is 5.75 Å². The van der Waals surface area contributed by atoms with E-state index in [0.717, 1.165) is 37.5 Å². The van der Waals surface area contributed by atoms with Gasteiger partial charge in [-0.15, -0.1) is 0 Å². The molecule has 1 N–H and O–H groups in total. The molecule has 5 nitrogen and oxygen atoms in total. The molecule has 0 radical (unpaired) electrons. The molecule has 0 heterocycles. The number of ether oxygens (including phenoxy) is 1. The van der Waals surface area contributed by atoms with Gasteiger partial charge in [-0.3, -0.25) is 4.79 Å². The number of hydrogen-bond acceptors (Lipinski definition) is 4. The van der Waals surface area contributed by atoms with Gasteiger partial charge in [-0.2, -0.15) is 0 Å². The Morgan fingerprint density at radius 2 is 1.95 bits per heavy atom. The molecule has 1 unspecified atom stereocenters. The van der Waals surface area contributed by atoms with Crippen LogP contribution in [0.25, 0.3) is 0 Å². The van der Waals surface area contributed by atoms with Crippen molar-refractivity contribution in [2.75, 3.05) is 13.4 Å². The first kappa shape index (κ1) is 16.8. The zero-order valence-corrected chi connectivity index (χ0v) is 14.1. The van der Waals surface area contributed by atoms with Gasteiger partial charge >= 0.3 is 0 Å². The highest BCUT2D eigenvalue weighted by molar-refractivity contribution is 7.90. The normalized spacial score (nSPS) is 17.2. The maximum atomic E-state index is 12.2. The fraction of sp³-hybridized carbons (Fsp3) is 0.562. The summed E-state index contributed by atoms with van der Waals surface area (Å²) in [5.74, 6) is 0.498. The van der Waals surface area contributed by atoms with Crippen molar-refractivity contribution in [3.05, 3.63) is 23.8 Å². The molecular formula is C16H23NO4S. The van der Waals surface area contributed by atoms with Gasteiger partial charge in [-0.1, -0.05) is 18.9 Å². The van der Waals surface area contributed by atoms with Gasteiger partial charge in [0, 0.05) is 12.2 Å². The summed E-state index contributed by atoms with van der Waals surface area (Å²) in [6, 6.07) is 4.74. The lowest BCUT2D eigenvalue weighted by molar-refractivity contribution is -0.125. The number of hydrogen-bond donors (Lipinski definition) is 1. The van der Waals surface area contributed by atoms with E-state index >= 15 is 0 Å². The Morgan fingerprint density at radius 3 is 2.50 bits per heavy atom. The molecule has 122 valence electrons. The van der Waals surface area contributed by atoms with E-state index in [4.69, 9.17) is 4.74 Å². The first-order chi connectivity index (χ1) is 10.3. The van der Waals surface area contributed by atoms with Gasteiger partial charge in [0.1, 0.15) is 10.6 Å². The molecule has 0 spiro atoms. The smallest absolute Gasteiger partial charge is 0.223 e. The average Bonchev–Trinajstić information content (AvgIpc) is 2.99. The number of benzene rings is 1. The number of rotatable bonds is 5. The maximum absolute atomic E-state index is 12.2. The molecule has 1 aliphatic carbocycles. The molecule has 1 fully saturated rings. The van der Waals surface area contributed by atoms with E-state index in [1.807, 2.05) is 6.92 Å². The second-order valence-corrected chi connectivity index (χ2v) is 7.88. The van der Waals surface area contributed by atoms with Crippen molar-refractivity contribution in [3.8, 4) is 5.75 Å². The second kappa shape index (κ2) is 6.69. The number of nitrogens with one attached hydrogen (secondary N) is 1. The van der Waals surface area contributed by atoms with E-state index in [9.17, 15) is 13.2 Å². The largest absolute Gasteiger partial charge is 0.495 e. The lowest BCUT2D eigenvalue weighted by atomic mass is 10.0. The van der Waals surface area contributed by atoms with E-state index in [1.165, 1.54) is 13.2 Å². The Morgan fingerprint density at radius 1 is 1.32 bits per heavy atom. The van der Waals surface area contributed by atoms with Crippen LogP contribution in [0.15, 0.2) is 23.1 Å². The standard InChI is InChI=1S/C16H23NO4S/c1-11(17-16(18)12-6-4-5-7-12)13-8-9-15(22(3,19)20)14(10-13)21-2/h8-12H,4-7H2,1-3H3,(H,17,18). The summed E-state index contributed by atoms with van der Waals surface area (Å²) in [6.07, 6.45) is 5.28. The van der Waals surface area contributed by atoms with Crippen LogP contribution in [0.3, 0.4) is 0 Å². The van der Waals surface area contributed by atoms with Crippen LogP contribution in [0.5, 0.6) is 5.75 Å². The summed E-state index contributed by atoms with van der Waals surface area (Å²) in [5, 5.41) is 3.00. The van der Waals surface area contributed by atoms with Gasteiger partial charge < -0.3 is 10.1 Å². The molecule has 0 aliphatic heterocycles. The number of carbonyl (C=O) groups excluding carboxylic acids is 1. The molecule has 22 heavy (non-hydrogen) atoms. The van der Waals surface area contributed by atoms with Crippen LogP contribution in [-0.4, -0.2) is 27.7 Å². The highest BCUT2D eigenvalue weighted by atomic mass is 32.2. The number of carbonyl (C=O) groups is 1. The van der Waals surface area contributed by atoms with Crippen molar-refractivity contribution in [2.45, 2.75) is 43.5 Å². The maximum Gasteiger partial charge on any atom is 0.223 e. The minimum Gasteiger partial charge on any atom is -0.495 e. The zero-order chi connectivity index (χ0) is 16.3. The molecule has 1 aliphatic rings. The first-order valence-corrected chi connectivity index (χ1v) is 9.40.